The van der Waals surface area contributed by atoms with Crippen LogP contribution in [0.1, 0.15) is 37.8 Å². The van der Waals surface area contributed by atoms with Crippen LogP contribution in [0, 0.1) is 0 Å². The first-order valence-corrected chi connectivity index (χ1v) is 7.88. The zero-order chi connectivity index (χ0) is 13.9. The molecule has 1 N–H and O–H groups in total. The molecule has 0 radical (unpaired) electrons. The van der Waals surface area contributed by atoms with Crippen molar-refractivity contribution in [3.05, 3.63) is 35.4 Å². The SMILES string of the molecule is CC(C)NCc1cccc(CN2CC3CCC(C2)O3)c1. The van der Waals surface area contributed by atoms with Crippen molar-refractivity contribution in [1.82, 2.24) is 10.2 Å². The number of hydrogen-bond acceptors (Lipinski definition) is 3. The van der Waals surface area contributed by atoms with Crippen LogP contribution in [0.2, 0.25) is 0 Å². The standard InChI is InChI=1S/C17H26N2O/c1-13(2)18-9-14-4-3-5-15(8-14)10-19-11-16-6-7-17(12-19)20-16/h3-5,8,13,16-18H,6-7,9-12H2,1-2H3. The molecule has 0 spiro atoms. The van der Waals surface area contributed by atoms with Crippen LogP contribution in [0.15, 0.2) is 24.3 Å². The van der Waals surface area contributed by atoms with E-state index in [4.69, 9.17) is 4.74 Å². The third-order valence-corrected chi connectivity index (χ3v) is 4.23. The van der Waals surface area contributed by atoms with Gasteiger partial charge in [0.2, 0.25) is 0 Å². The maximum absolute atomic E-state index is 5.90. The Labute approximate surface area is 122 Å². The molecule has 3 rings (SSSR count). The molecule has 0 saturated carbocycles. The highest BCUT2D eigenvalue weighted by molar-refractivity contribution is 5.23. The van der Waals surface area contributed by atoms with Gasteiger partial charge in [0.1, 0.15) is 0 Å². The Morgan fingerprint density at radius 3 is 2.60 bits per heavy atom. The smallest absolute Gasteiger partial charge is 0.0707 e. The quantitative estimate of drug-likeness (QED) is 0.893. The average molecular weight is 274 g/mol. The van der Waals surface area contributed by atoms with Crippen molar-refractivity contribution < 1.29 is 4.74 Å². The van der Waals surface area contributed by atoms with Gasteiger partial charge in [0, 0.05) is 32.2 Å². The van der Waals surface area contributed by atoms with Crippen molar-refractivity contribution in [2.45, 2.75) is 58.0 Å². The van der Waals surface area contributed by atoms with Crippen LogP contribution in [-0.4, -0.2) is 36.2 Å². The Kier molecular flexibility index (Phi) is 4.39. The molecule has 2 saturated heterocycles. The van der Waals surface area contributed by atoms with E-state index >= 15 is 0 Å². The monoisotopic (exact) mass is 274 g/mol. The van der Waals surface area contributed by atoms with Crippen LogP contribution in [0.5, 0.6) is 0 Å². The van der Waals surface area contributed by atoms with Crippen molar-refractivity contribution in [2.75, 3.05) is 13.1 Å². The van der Waals surface area contributed by atoms with Gasteiger partial charge in [0.05, 0.1) is 12.2 Å². The lowest BCUT2D eigenvalue weighted by atomic mass is 10.1. The Morgan fingerprint density at radius 1 is 1.20 bits per heavy atom. The summed E-state index contributed by atoms with van der Waals surface area (Å²) < 4.78 is 5.90. The van der Waals surface area contributed by atoms with Gasteiger partial charge in [-0.3, -0.25) is 4.90 Å². The lowest BCUT2D eigenvalue weighted by molar-refractivity contribution is -0.0410. The predicted octanol–water partition coefficient (Wildman–Crippen LogP) is 2.55. The molecule has 0 aromatic heterocycles. The van der Waals surface area contributed by atoms with Crippen LogP contribution in [-0.2, 0) is 17.8 Å². The second-order valence-electron chi connectivity index (χ2n) is 6.51. The molecule has 0 amide bonds. The zero-order valence-electron chi connectivity index (χ0n) is 12.6. The van der Waals surface area contributed by atoms with Gasteiger partial charge < -0.3 is 10.1 Å². The Balaban J connectivity index is 1.58. The zero-order valence-corrected chi connectivity index (χ0v) is 12.6. The van der Waals surface area contributed by atoms with E-state index in [0.29, 0.717) is 18.2 Å². The van der Waals surface area contributed by atoms with Gasteiger partial charge in [-0.15, -0.1) is 0 Å². The van der Waals surface area contributed by atoms with E-state index in [1.807, 2.05) is 0 Å². The molecule has 0 aliphatic carbocycles. The number of nitrogens with zero attached hydrogens (tertiary/aromatic N) is 1. The lowest BCUT2D eigenvalue weighted by Gasteiger charge is -2.32. The van der Waals surface area contributed by atoms with E-state index in [2.05, 4.69) is 48.3 Å². The third kappa shape index (κ3) is 3.60. The molecule has 1 aromatic rings. The molecule has 3 nitrogen and oxygen atoms in total. The molecular formula is C17H26N2O. The van der Waals surface area contributed by atoms with E-state index in [-0.39, 0.29) is 0 Å². The van der Waals surface area contributed by atoms with Crippen molar-refractivity contribution in [2.24, 2.45) is 0 Å². The summed E-state index contributed by atoms with van der Waals surface area (Å²) in [5, 5.41) is 3.48. The van der Waals surface area contributed by atoms with Crippen molar-refractivity contribution >= 4 is 0 Å². The summed E-state index contributed by atoms with van der Waals surface area (Å²) in [5.41, 5.74) is 2.81. The normalized spacial score (nSPS) is 26.4. The van der Waals surface area contributed by atoms with Crippen molar-refractivity contribution in [3.8, 4) is 0 Å². The Morgan fingerprint density at radius 2 is 1.90 bits per heavy atom. The molecule has 2 heterocycles. The van der Waals surface area contributed by atoms with Crippen molar-refractivity contribution in [1.29, 1.82) is 0 Å². The van der Waals surface area contributed by atoms with Crippen LogP contribution in [0.4, 0.5) is 0 Å². The Hall–Kier alpha value is -0.900. The number of hydrogen-bond donors (Lipinski definition) is 1. The maximum Gasteiger partial charge on any atom is 0.0707 e. The summed E-state index contributed by atoms with van der Waals surface area (Å²) in [6.07, 6.45) is 3.47. The summed E-state index contributed by atoms with van der Waals surface area (Å²) >= 11 is 0. The van der Waals surface area contributed by atoms with E-state index in [0.717, 1.165) is 26.2 Å². The summed E-state index contributed by atoms with van der Waals surface area (Å²) in [6, 6.07) is 9.51. The Bertz CT molecular complexity index is 434. The third-order valence-electron chi connectivity index (χ3n) is 4.23. The number of ether oxygens (including phenoxy) is 1. The van der Waals surface area contributed by atoms with Gasteiger partial charge in [0.25, 0.3) is 0 Å². The highest BCUT2D eigenvalue weighted by Gasteiger charge is 2.33. The number of rotatable bonds is 5. The van der Waals surface area contributed by atoms with Crippen LogP contribution < -0.4 is 5.32 Å². The number of benzene rings is 1. The summed E-state index contributed by atoms with van der Waals surface area (Å²) in [5.74, 6) is 0. The highest BCUT2D eigenvalue weighted by atomic mass is 16.5. The van der Waals surface area contributed by atoms with Gasteiger partial charge in [-0.2, -0.15) is 0 Å². The van der Waals surface area contributed by atoms with Gasteiger partial charge in [0.15, 0.2) is 0 Å². The molecule has 1 aromatic carbocycles. The second kappa shape index (κ2) is 6.25. The molecule has 3 heteroatoms. The average Bonchev–Trinajstić information content (AvgIpc) is 2.76. The molecule has 2 aliphatic rings. The molecule has 2 aliphatic heterocycles. The number of likely N-dealkylation sites (tertiary alicyclic amines) is 1. The summed E-state index contributed by atoms with van der Waals surface area (Å²) in [7, 11) is 0. The molecule has 2 fully saturated rings. The summed E-state index contributed by atoms with van der Waals surface area (Å²) in [6.45, 7) is 8.60. The van der Waals surface area contributed by atoms with E-state index in [1.54, 1.807) is 0 Å². The van der Waals surface area contributed by atoms with Crippen LogP contribution in [0.3, 0.4) is 0 Å². The molecule has 2 bridgehead atoms. The number of fused-ring (bicyclic) bond motifs is 2. The number of nitrogens with one attached hydrogen (secondary N) is 1. The number of morpholine rings is 1. The lowest BCUT2D eigenvalue weighted by Crippen LogP contribution is -2.41. The van der Waals surface area contributed by atoms with Crippen molar-refractivity contribution in [3.63, 3.8) is 0 Å². The van der Waals surface area contributed by atoms with E-state index in [9.17, 15) is 0 Å². The van der Waals surface area contributed by atoms with Crippen LogP contribution in [0.25, 0.3) is 0 Å². The fourth-order valence-corrected chi connectivity index (χ4v) is 3.25. The molecular weight excluding hydrogens is 248 g/mol. The second-order valence-corrected chi connectivity index (χ2v) is 6.51. The topological polar surface area (TPSA) is 24.5 Å². The fraction of sp³-hybridized carbons (Fsp3) is 0.647. The fourth-order valence-electron chi connectivity index (χ4n) is 3.25. The predicted molar refractivity (Wildman–Crippen MR) is 81.6 cm³/mol. The molecule has 2 unspecified atom stereocenters. The highest BCUT2D eigenvalue weighted by Crippen LogP contribution is 2.27. The minimum Gasteiger partial charge on any atom is -0.372 e. The van der Waals surface area contributed by atoms with Gasteiger partial charge in [-0.1, -0.05) is 38.1 Å². The largest absolute Gasteiger partial charge is 0.372 e. The molecule has 2 atom stereocenters. The molecule has 20 heavy (non-hydrogen) atoms. The van der Waals surface area contributed by atoms with E-state index in [1.165, 1.54) is 24.0 Å². The first-order chi connectivity index (χ1) is 9.69. The maximum atomic E-state index is 5.90. The van der Waals surface area contributed by atoms with E-state index < -0.39 is 0 Å². The first-order valence-electron chi connectivity index (χ1n) is 7.88. The minimum absolute atomic E-state index is 0.486. The summed E-state index contributed by atoms with van der Waals surface area (Å²) in [4.78, 5) is 2.56. The molecule has 110 valence electrons. The van der Waals surface area contributed by atoms with Crippen LogP contribution >= 0.6 is 0 Å². The minimum atomic E-state index is 0.486. The van der Waals surface area contributed by atoms with Gasteiger partial charge in [-0.05, 0) is 24.0 Å². The van der Waals surface area contributed by atoms with Gasteiger partial charge >= 0.3 is 0 Å². The first kappa shape index (κ1) is 14.1. The van der Waals surface area contributed by atoms with Gasteiger partial charge in [-0.25, -0.2) is 0 Å².